The number of rotatable bonds is 13. The summed E-state index contributed by atoms with van der Waals surface area (Å²) in [5.74, 6) is -3.25. The Hall–Kier alpha value is -4.86. The van der Waals surface area contributed by atoms with Crippen molar-refractivity contribution in [2.75, 3.05) is 13.1 Å². The Morgan fingerprint density at radius 2 is 1.44 bits per heavy atom. The molecular formula is C29H33N5O5. The van der Waals surface area contributed by atoms with Crippen molar-refractivity contribution >= 4 is 23.7 Å². The van der Waals surface area contributed by atoms with Gasteiger partial charge in [0.1, 0.15) is 18.3 Å². The highest BCUT2D eigenvalue weighted by Gasteiger charge is 2.35. The lowest BCUT2D eigenvalue weighted by molar-refractivity contribution is -0.143. The summed E-state index contributed by atoms with van der Waals surface area (Å²) >= 11 is 0. The van der Waals surface area contributed by atoms with Crippen LogP contribution in [0.5, 0.6) is 5.75 Å². The van der Waals surface area contributed by atoms with Crippen molar-refractivity contribution in [1.29, 1.82) is 5.41 Å². The lowest BCUT2D eigenvalue weighted by Gasteiger charge is -2.34. The van der Waals surface area contributed by atoms with Crippen LogP contribution in [0.4, 0.5) is 0 Å². The number of carboxylic acid groups (broad SMARTS) is 1. The molecule has 0 aliphatic rings. The molecule has 39 heavy (non-hydrogen) atoms. The molecule has 0 aliphatic heterocycles. The summed E-state index contributed by atoms with van der Waals surface area (Å²) in [7, 11) is 0. The summed E-state index contributed by atoms with van der Waals surface area (Å²) in [6.07, 6.45) is 0.512. The lowest BCUT2D eigenvalue weighted by Crippen LogP contribution is -2.51. The molecule has 0 aromatic heterocycles. The van der Waals surface area contributed by atoms with Crippen molar-refractivity contribution in [1.82, 2.24) is 15.5 Å². The zero-order valence-corrected chi connectivity index (χ0v) is 21.4. The van der Waals surface area contributed by atoms with Crippen LogP contribution in [0.15, 0.2) is 84.9 Å². The van der Waals surface area contributed by atoms with Crippen LogP contribution in [0.2, 0.25) is 0 Å². The number of aliphatic carboxylic acids is 1. The van der Waals surface area contributed by atoms with Gasteiger partial charge in [-0.3, -0.25) is 19.8 Å². The van der Waals surface area contributed by atoms with Gasteiger partial charge in [0.15, 0.2) is 5.96 Å². The van der Waals surface area contributed by atoms with Gasteiger partial charge in [-0.25, -0.2) is 0 Å². The summed E-state index contributed by atoms with van der Waals surface area (Å²) in [4.78, 5) is 40.4. The van der Waals surface area contributed by atoms with Gasteiger partial charge < -0.3 is 31.5 Å². The Labute approximate surface area is 227 Å². The molecule has 3 aromatic carbocycles. The van der Waals surface area contributed by atoms with Crippen LogP contribution >= 0.6 is 0 Å². The minimum atomic E-state index is -1.22. The van der Waals surface area contributed by atoms with Crippen LogP contribution in [0.25, 0.3) is 0 Å². The van der Waals surface area contributed by atoms with Gasteiger partial charge in [-0.1, -0.05) is 78.9 Å². The van der Waals surface area contributed by atoms with E-state index < -0.39 is 30.4 Å². The number of nitrogens with two attached hydrogens (primary N) is 1. The number of hydrogen-bond acceptors (Lipinski definition) is 5. The number of nitrogens with one attached hydrogen (secondary N) is 3. The number of para-hydroxylation sites is 1. The second-order valence-electron chi connectivity index (χ2n) is 8.96. The van der Waals surface area contributed by atoms with E-state index in [0.29, 0.717) is 12.0 Å². The molecule has 0 heterocycles. The van der Waals surface area contributed by atoms with E-state index in [-0.39, 0.29) is 37.1 Å². The first-order chi connectivity index (χ1) is 18.8. The van der Waals surface area contributed by atoms with E-state index in [1.54, 1.807) is 18.2 Å². The highest BCUT2D eigenvalue weighted by molar-refractivity contribution is 5.93. The van der Waals surface area contributed by atoms with Gasteiger partial charge in [-0.2, -0.15) is 0 Å². The van der Waals surface area contributed by atoms with Crippen molar-refractivity contribution in [3.05, 3.63) is 102 Å². The zero-order chi connectivity index (χ0) is 28.2. The van der Waals surface area contributed by atoms with E-state index >= 15 is 0 Å². The van der Waals surface area contributed by atoms with Gasteiger partial charge in [0.25, 0.3) is 0 Å². The first kappa shape index (κ1) is 28.7. The van der Waals surface area contributed by atoms with Gasteiger partial charge >= 0.3 is 5.97 Å². The standard InChI is InChI=1S/C29H33N5O5/c30-29(31)32-17-9-15-23(27(38)33-18-25(36)37)34(19-22-14-7-8-16-24(22)35)28(39)26(20-10-3-1-4-11-20)21-12-5-2-6-13-21/h1-8,10-14,16,23,26,35H,9,15,17-19H2,(H,33,38)(H,36,37)(H4,30,31,32)/t23-/m1/s1. The van der Waals surface area contributed by atoms with E-state index in [0.717, 1.165) is 11.1 Å². The van der Waals surface area contributed by atoms with E-state index in [1.165, 1.54) is 11.0 Å². The minimum absolute atomic E-state index is 0.0331. The molecular weight excluding hydrogens is 498 g/mol. The molecule has 0 bridgehead atoms. The van der Waals surface area contributed by atoms with Crippen LogP contribution in [0.1, 0.15) is 35.4 Å². The average molecular weight is 532 g/mol. The van der Waals surface area contributed by atoms with Crippen molar-refractivity contribution in [3.63, 3.8) is 0 Å². The highest BCUT2D eigenvalue weighted by atomic mass is 16.4. The molecule has 0 saturated heterocycles. The summed E-state index contributed by atoms with van der Waals surface area (Å²) < 4.78 is 0. The van der Waals surface area contributed by atoms with Crippen molar-refractivity contribution in [3.8, 4) is 5.75 Å². The van der Waals surface area contributed by atoms with Crippen LogP contribution in [0, 0.1) is 5.41 Å². The third-order valence-electron chi connectivity index (χ3n) is 6.19. The molecule has 0 unspecified atom stereocenters. The molecule has 0 fully saturated rings. The zero-order valence-electron chi connectivity index (χ0n) is 21.4. The molecule has 0 saturated carbocycles. The van der Waals surface area contributed by atoms with Gasteiger partial charge in [0.05, 0.1) is 12.5 Å². The van der Waals surface area contributed by atoms with E-state index in [2.05, 4.69) is 10.6 Å². The number of carbonyl (C=O) groups is 3. The number of phenols is 1. The van der Waals surface area contributed by atoms with Crippen LogP contribution in [0.3, 0.4) is 0 Å². The van der Waals surface area contributed by atoms with Crippen LogP contribution in [-0.4, -0.2) is 58.0 Å². The summed E-state index contributed by atoms with van der Waals surface area (Å²) in [6.45, 7) is -0.426. The fourth-order valence-corrected chi connectivity index (χ4v) is 4.33. The normalized spacial score (nSPS) is 11.4. The fraction of sp³-hybridized carbons (Fsp3) is 0.241. The van der Waals surface area contributed by atoms with Crippen molar-refractivity contribution in [2.45, 2.75) is 31.3 Å². The van der Waals surface area contributed by atoms with E-state index in [9.17, 15) is 19.5 Å². The third-order valence-corrected chi connectivity index (χ3v) is 6.19. The minimum Gasteiger partial charge on any atom is -0.508 e. The van der Waals surface area contributed by atoms with Gasteiger partial charge in [-0.05, 0) is 30.0 Å². The fourth-order valence-electron chi connectivity index (χ4n) is 4.33. The molecule has 3 rings (SSSR count). The number of hydrogen-bond donors (Lipinski definition) is 6. The van der Waals surface area contributed by atoms with Crippen LogP contribution in [-0.2, 0) is 20.9 Å². The maximum Gasteiger partial charge on any atom is 0.322 e. The number of benzene rings is 3. The molecule has 0 radical (unpaired) electrons. The SMILES string of the molecule is N=C(N)NCCC[C@H](C(=O)NCC(=O)O)N(Cc1ccccc1O)C(=O)C(c1ccccc1)c1ccccc1. The number of phenolic OH excluding ortho intramolecular Hbond substituents is 1. The molecule has 10 heteroatoms. The molecule has 0 spiro atoms. The monoisotopic (exact) mass is 531 g/mol. The maximum atomic E-state index is 14.5. The summed E-state index contributed by atoms with van der Waals surface area (Å²) in [6, 6.07) is 23.8. The topological polar surface area (TPSA) is 169 Å². The second kappa shape index (κ2) is 14.2. The van der Waals surface area contributed by atoms with Crippen molar-refractivity contribution in [2.24, 2.45) is 5.73 Å². The Kier molecular flexibility index (Phi) is 10.4. The Morgan fingerprint density at radius 3 is 1.97 bits per heavy atom. The predicted octanol–water partition coefficient (Wildman–Crippen LogP) is 2.39. The lowest BCUT2D eigenvalue weighted by atomic mass is 9.89. The maximum absolute atomic E-state index is 14.5. The second-order valence-corrected chi connectivity index (χ2v) is 8.96. The van der Waals surface area contributed by atoms with Gasteiger partial charge in [0.2, 0.25) is 11.8 Å². The first-order valence-electron chi connectivity index (χ1n) is 12.5. The molecule has 7 N–H and O–H groups in total. The number of carboxylic acids is 1. The molecule has 0 aliphatic carbocycles. The van der Waals surface area contributed by atoms with Gasteiger partial charge in [0, 0.05) is 12.1 Å². The number of amides is 2. The van der Waals surface area contributed by atoms with Crippen molar-refractivity contribution < 1.29 is 24.6 Å². The number of guanidine groups is 1. The van der Waals surface area contributed by atoms with E-state index in [4.69, 9.17) is 16.2 Å². The molecule has 3 aromatic rings. The number of nitrogens with zero attached hydrogens (tertiary/aromatic N) is 1. The molecule has 1 atom stereocenters. The summed E-state index contributed by atoms with van der Waals surface area (Å²) in [5.41, 5.74) is 7.26. The highest BCUT2D eigenvalue weighted by Crippen LogP contribution is 2.30. The Bertz CT molecular complexity index is 1230. The first-order valence-corrected chi connectivity index (χ1v) is 12.5. The van der Waals surface area contributed by atoms with Crippen LogP contribution < -0.4 is 16.4 Å². The largest absolute Gasteiger partial charge is 0.508 e. The smallest absolute Gasteiger partial charge is 0.322 e. The third kappa shape index (κ3) is 8.32. The number of aromatic hydroxyl groups is 1. The average Bonchev–Trinajstić information content (AvgIpc) is 2.93. The predicted molar refractivity (Wildman–Crippen MR) is 147 cm³/mol. The quantitative estimate of drug-likeness (QED) is 0.112. The molecule has 204 valence electrons. The summed E-state index contributed by atoms with van der Waals surface area (Å²) in [5, 5.41) is 32.1. The molecule has 2 amide bonds. The van der Waals surface area contributed by atoms with E-state index in [1.807, 2.05) is 60.7 Å². The number of carbonyl (C=O) groups excluding carboxylic acids is 2. The Morgan fingerprint density at radius 1 is 0.872 bits per heavy atom. The molecule has 10 nitrogen and oxygen atoms in total. The van der Waals surface area contributed by atoms with Gasteiger partial charge in [-0.15, -0.1) is 0 Å². The Balaban J connectivity index is 2.07.